The molecule has 0 aliphatic rings. The molecule has 0 aliphatic heterocycles. The van der Waals surface area contributed by atoms with Crippen LogP contribution in [-0.2, 0) is 10.5 Å². The third kappa shape index (κ3) is 4.02. The summed E-state index contributed by atoms with van der Waals surface area (Å²) in [4.78, 5) is 12.0. The van der Waals surface area contributed by atoms with Crippen LogP contribution in [0.2, 0.25) is 5.02 Å². The Hall–Kier alpha value is -1.45. The summed E-state index contributed by atoms with van der Waals surface area (Å²) in [5.74, 6) is -0.432. The maximum absolute atomic E-state index is 10.9. The summed E-state index contributed by atoms with van der Waals surface area (Å²) in [5, 5.41) is 9.70. The number of hydrogen-bond acceptors (Lipinski definition) is 2. The van der Waals surface area contributed by atoms with Crippen LogP contribution in [0.25, 0.3) is 0 Å². The van der Waals surface area contributed by atoms with Crippen molar-refractivity contribution < 1.29 is 9.90 Å². The van der Waals surface area contributed by atoms with Gasteiger partial charge in [0, 0.05) is 15.7 Å². The molecule has 0 bridgehead atoms. The van der Waals surface area contributed by atoms with Gasteiger partial charge in [-0.05, 0) is 36.2 Å². The maximum atomic E-state index is 10.9. The van der Waals surface area contributed by atoms with E-state index in [0.29, 0.717) is 0 Å². The van der Waals surface area contributed by atoms with Gasteiger partial charge < -0.3 is 5.11 Å². The standard InChI is InChI=1S/C16H15ClO2S/c1-11(16(18)19)13-7-5-12(6-8-13)10-20-15-4-2-3-14(17)9-15/h2-9,11H,10H2,1H3,(H,18,19). The predicted octanol–water partition coefficient (Wildman–Crippen LogP) is 4.82. The lowest BCUT2D eigenvalue weighted by molar-refractivity contribution is -0.138. The first-order valence-electron chi connectivity index (χ1n) is 6.26. The van der Waals surface area contributed by atoms with Gasteiger partial charge in [0.1, 0.15) is 0 Å². The van der Waals surface area contributed by atoms with E-state index in [9.17, 15) is 4.79 Å². The Labute approximate surface area is 127 Å². The molecule has 0 spiro atoms. The van der Waals surface area contributed by atoms with E-state index in [-0.39, 0.29) is 0 Å². The molecule has 0 aliphatic carbocycles. The molecule has 1 N–H and O–H groups in total. The molecule has 0 saturated heterocycles. The van der Waals surface area contributed by atoms with Crippen molar-refractivity contribution in [3.8, 4) is 0 Å². The number of thioether (sulfide) groups is 1. The second kappa shape index (κ2) is 6.82. The first-order valence-corrected chi connectivity index (χ1v) is 7.62. The van der Waals surface area contributed by atoms with E-state index in [2.05, 4.69) is 0 Å². The highest BCUT2D eigenvalue weighted by Crippen LogP contribution is 2.26. The topological polar surface area (TPSA) is 37.3 Å². The third-order valence-electron chi connectivity index (χ3n) is 3.05. The smallest absolute Gasteiger partial charge is 0.310 e. The van der Waals surface area contributed by atoms with Crippen molar-refractivity contribution in [3.63, 3.8) is 0 Å². The minimum atomic E-state index is -0.800. The van der Waals surface area contributed by atoms with Crippen LogP contribution < -0.4 is 0 Å². The van der Waals surface area contributed by atoms with Crippen molar-refractivity contribution >= 4 is 29.3 Å². The molecule has 0 fully saturated rings. The summed E-state index contributed by atoms with van der Waals surface area (Å²) in [6.07, 6.45) is 0. The van der Waals surface area contributed by atoms with Crippen LogP contribution in [0.1, 0.15) is 24.0 Å². The minimum Gasteiger partial charge on any atom is -0.481 e. The normalized spacial score (nSPS) is 12.1. The van der Waals surface area contributed by atoms with E-state index in [1.54, 1.807) is 18.7 Å². The average molecular weight is 307 g/mol. The van der Waals surface area contributed by atoms with Crippen LogP contribution in [0.15, 0.2) is 53.4 Å². The maximum Gasteiger partial charge on any atom is 0.310 e. The fraction of sp³-hybridized carbons (Fsp3) is 0.188. The van der Waals surface area contributed by atoms with Gasteiger partial charge in [0.25, 0.3) is 0 Å². The lowest BCUT2D eigenvalue weighted by Gasteiger charge is -2.08. The molecule has 0 saturated carbocycles. The van der Waals surface area contributed by atoms with Crippen LogP contribution in [0.4, 0.5) is 0 Å². The Balaban J connectivity index is 1.99. The molecule has 2 aromatic carbocycles. The number of benzene rings is 2. The number of halogens is 1. The summed E-state index contributed by atoms with van der Waals surface area (Å²) < 4.78 is 0. The van der Waals surface area contributed by atoms with Crippen molar-refractivity contribution in [1.29, 1.82) is 0 Å². The van der Waals surface area contributed by atoms with Gasteiger partial charge in [-0.3, -0.25) is 4.79 Å². The van der Waals surface area contributed by atoms with Gasteiger partial charge >= 0.3 is 5.97 Å². The van der Waals surface area contributed by atoms with E-state index < -0.39 is 11.9 Å². The molecule has 104 valence electrons. The Bertz CT molecular complexity index is 596. The van der Waals surface area contributed by atoms with E-state index in [1.165, 1.54) is 0 Å². The molecule has 0 heterocycles. The quantitative estimate of drug-likeness (QED) is 0.805. The molecule has 2 rings (SSSR count). The Morgan fingerprint density at radius 1 is 1.25 bits per heavy atom. The zero-order chi connectivity index (χ0) is 14.5. The zero-order valence-corrected chi connectivity index (χ0v) is 12.6. The van der Waals surface area contributed by atoms with Gasteiger partial charge in [-0.15, -0.1) is 11.8 Å². The van der Waals surface area contributed by atoms with Gasteiger partial charge in [-0.1, -0.05) is 41.9 Å². The van der Waals surface area contributed by atoms with Crippen LogP contribution in [0.3, 0.4) is 0 Å². The first-order chi connectivity index (χ1) is 9.56. The van der Waals surface area contributed by atoms with E-state index in [0.717, 1.165) is 26.8 Å². The number of carbonyl (C=O) groups is 1. The number of carboxylic acids is 1. The summed E-state index contributed by atoms with van der Waals surface area (Å²) in [5.41, 5.74) is 1.99. The van der Waals surface area contributed by atoms with Gasteiger partial charge in [0.15, 0.2) is 0 Å². The van der Waals surface area contributed by atoms with Gasteiger partial charge in [0.05, 0.1) is 5.92 Å². The lowest BCUT2D eigenvalue weighted by atomic mass is 10.0. The average Bonchev–Trinajstić information content (AvgIpc) is 2.45. The van der Waals surface area contributed by atoms with Gasteiger partial charge in [-0.2, -0.15) is 0 Å². The van der Waals surface area contributed by atoms with E-state index >= 15 is 0 Å². The fourth-order valence-corrected chi connectivity index (χ4v) is 2.93. The molecule has 4 heteroatoms. The zero-order valence-electron chi connectivity index (χ0n) is 11.0. The molecular weight excluding hydrogens is 292 g/mol. The summed E-state index contributed by atoms with van der Waals surface area (Å²) in [7, 11) is 0. The highest BCUT2D eigenvalue weighted by atomic mass is 35.5. The molecule has 0 radical (unpaired) electrons. The van der Waals surface area contributed by atoms with Crippen molar-refractivity contribution in [1.82, 2.24) is 0 Å². The fourth-order valence-electron chi connectivity index (χ4n) is 1.77. The number of aliphatic carboxylic acids is 1. The Kier molecular flexibility index (Phi) is 5.10. The Morgan fingerprint density at radius 3 is 2.55 bits per heavy atom. The number of hydrogen-bond donors (Lipinski definition) is 1. The van der Waals surface area contributed by atoms with Crippen LogP contribution in [-0.4, -0.2) is 11.1 Å². The minimum absolute atomic E-state index is 0.468. The monoisotopic (exact) mass is 306 g/mol. The summed E-state index contributed by atoms with van der Waals surface area (Å²) >= 11 is 7.65. The Morgan fingerprint density at radius 2 is 1.95 bits per heavy atom. The largest absolute Gasteiger partial charge is 0.481 e. The third-order valence-corrected chi connectivity index (χ3v) is 4.35. The predicted molar refractivity (Wildman–Crippen MR) is 83.5 cm³/mol. The van der Waals surface area contributed by atoms with Crippen molar-refractivity contribution in [2.75, 3.05) is 0 Å². The van der Waals surface area contributed by atoms with Gasteiger partial charge in [0.2, 0.25) is 0 Å². The summed E-state index contributed by atoms with van der Waals surface area (Å²) in [6, 6.07) is 15.5. The molecule has 0 aromatic heterocycles. The second-order valence-corrected chi connectivity index (χ2v) is 6.03. The first kappa shape index (κ1) is 14.9. The second-order valence-electron chi connectivity index (χ2n) is 4.55. The van der Waals surface area contributed by atoms with Crippen LogP contribution >= 0.6 is 23.4 Å². The molecule has 1 unspecified atom stereocenters. The molecule has 20 heavy (non-hydrogen) atoms. The van der Waals surface area contributed by atoms with Crippen LogP contribution in [0.5, 0.6) is 0 Å². The van der Waals surface area contributed by atoms with Crippen molar-refractivity contribution in [2.24, 2.45) is 0 Å². The highest BCUT2D eigenvalue weighted by molar-refractivity contribution is 7.98. The highest BCUT2D eigenvalue weighted by Gasteiger charge is 2.12. The number of rotatable bonds is 5. The van der Waals surface area contributed by atoms with Crippen molar-refractivity contribution in [2.45, 2.75) is 23.5 Å². The lowest BCUT2D eigenvalue weighted by Crippen LogP contribution is -2.07. The molecular formula is C16H15ClO2S. The van der Waals surface area contributed by atoms with E-state index in [1.807, 2.05) is 48.5 Å². The summed E-state index contributed by atoms with van der Waals surface area (Å²) in [6.45, 7) is 1.69. The molecule has 0 amide bonds. The van der Waals surface area contributed by atoms with Crippen LogP contribution in [0, 0.1) is 0 Å². The SMILES string of the molecule is CC(C(=O)O)c1ccc(CSc2cccc(Cl)c2)cc1. The van der Waals surface area contributed by atoms with Gasteiger partial charge in [-0.25, -0.2) is 0 Å². The van der Waals surface area contributed by atoms with E-state index in [4.69, 9.17) is 16.7 Å². The molecule has 1 atom stereocenters. The molecule has 2 aromatic rings. The van der Waals surface area contributed by atoms with Crippen molar-refractivity contribution in [3.05, 3.63) is 64.7 Å². The number of carboxylic acid groups (broad SMARTS) is 1. The molecule has 2 nitrogen and oxygen atoms in total.